The number of carbonyl (C=O) groups excluding carboxylic acids is 3. The Morgan fingerprint density at radius 1 is 1.02 bits per heavy atom. The number of amides is 3. The van der Waals surface area contributed by atoms with E-state index in [1.54, 1.807) is 4.90 Å². The van der Waals surface area contributed by atoms with Crippen LogP contribution < -0.4 is 16.4 Å². The van der Waals surface area contributed by atoms with Gasteiger partial charge in [0.2, 0.25) is 5.91 Å². The van der Waals surface area contributed by atoms with Crippen molar-refractivity contribution >= 4 is 34.9 Å². The summed E-state index contributed by atoms with van der Waals surface area (Å²) in [7, 11) is 0. The lowest BCUT2D eigenvalue weighted by molar-refractivity contribution is -0.127. The summed E-state index contributed by atoms with van der Waals surface area (Å²) in [4.78, 5) is 43.1. The van der Waals surface area contributed by atoms with Crippen LogP contribution in [0.15, 0.2) is 24.3 Å². The summed E-state index contributed by atoms with van der Waals surface area (Å²) >= 11 is 0.944. The summed E-state index contributed by atoms with van der Waals surface area (Å²) in [5.74, 6) is -0.925. The van der Waals surface area contributed by atoms with Gasteiger partial charge in [-0.25, -0.2) is 0 Å². The molecule has 2 aromatic rings. The maximum atomic E-state index is 14.3. The smallest absolute Gasteiger partial charge is 0.273 e. The van der Waals surface area contributed by atoms with Crippen LogP contribution in [0.5, 0.6) is 0 Å². The number of ether oxygens (including phenoxy) is 1. The molecule has 1 aromatic carbocycles. The third-order valence-electron chi connectivity index (χ3n) is 8.48. The van der Waals surface area contributed by atoms with E-state index in [0.717, 1.165) is 86.9 Å². The van der Waals surface area contributed by atoms with Gasteiger partial charge in [0, 0.05) is 25.2 Å². The molecule has 9 nitrogen and oxygen atoms in total. The zero-order chi connectivity index (χ0) is 28.1. The minimum atomic E-state index is -0.835. The van der Waals surface area contributed by atoms with Crippen LogP contribution in [0.25, 0.3) is 0 Å². The van der Waals surface area contributed by atoms with Gasteiger partial charge in [-0.3, -0.25) is 14.4 Å². The number of aromatic nitrogens is 1. The second-order valence-corrected chi connectivity index (χ2v) is 12.2. The first-order valence-electron chi connectivity index (χ1n) is 14.8. The molecule has 0 spiro atoms. The van der Waals surface area contributed by atoms with Crippen molar-refractivity contribution in [2.75, 3.05) is 18.9 Å². The molecule has 1 aliphatic heterocycles. The maximum Gasteiger partial charge on any atom is 0.273 e. The van der Waals surface area contributed by atoms with Gasteiger partial charge < -0.3 is 26.0 Å². The van der Waals surface area contributed by atoms with Gasteiger partial charge in [0.1, 0.15) is 10.9 Å². The fraction of sp³-hybridized carbons (Fsp3) is 0.600. The quantitative estimate of drug-likeness (QED) is 0.409. The Bertz CT molecular complexity index is 1180. The van der Waals surface area contributed by atoms with Gasteiger partial charge in [-0.05, 0) is 62.5 Å². The molecule has 216 valence electrons. The second kappa shape index (κ2) is 13.1. The van der Waals surface area contributed by atoms with E-state index in [9.17, 15) is 14.4 Å². The van der Waals surface area contributed by atoms with Crippen molar-refractivity contribution < 1.29 is 19.1 Å². The molecule has 3 aliphatic rings. The fourth-order valence-corrected chi connectivity index (χ4v) is 6.96. The minimum absolute atomic E-state index is 0.0133. The lowest BCUT2D eigenvalue weighted by atomic mass is 9.95. The summed E-state index contributed by atoms with van der Waals surface area (Å²) < 4.78 is 10.0. The lowest BCUT2D eigenvalue weighted by Gasteiger charge is -2.36. The van der Waals surface area contributed by atoms with E-state index in [4.69, 9.17) is 10.5 Å². The molecule has 3 amide bonds. The molecule has 0 radical (unpaired) electrons. The Labute approximate surface area is 240 Å². The number of nitrogens with one attached hydrogen (secondary N) is 2. The summed E-state index contributed by atoms with van der Waals surface area (Å²) in [5.41, 5.74) is 8.45. The Hall–Kier alpha value is -2.98. The summed E-state index contributed by atoms with van der Waals surface area (Å²) in [6, 6.07) is 6.91. The number of rotatable bonds is 9. The molecule has 1 aromatic heterocycles. The number of aryl methyl sites for hydroxylation is 1. The van der Waals surface area contributed by atoms with Gasteiger partial charge in [0.15, 0.2) is 5.69 Å². The van der Waals surface area contributed by atoms with E-state index in [-0.39, 0.29) is 52.2 Å². The van der Waals surface area contributed by atoms with E-state index in [0.29, 0.717) is 13.2 Å². The first-order chi connectivity index (χ1) is 19.4. The highest BCUT2D eigenvalue weighted by atomic mass is 32.1. The van der Waals surface area contributed by atoms with E-state index >= 15 is 0 Å². The van der Waals surface area contributed by atoms with Crippen LogP contribution in [0.3, 0.4) is 0 Å². The third kappa shape index (κ3) is 6.49. The minimum Gasteiger partial charge on any atom is -0.395 e. The van der Waals surface area contributed by atoms with Crippen molar-refractivity contribution in [3.8, 4) is 0 Å². The van der Waals surface area contributed by atoms with E-state index < -0.39 is 6.04 Å². The summed E-state index contributed by atoms with van der Waals surface area (Å²) in [6.45, 7) is 3.10. The van der Waals surface area contributed by atoms with Gasteiger partial charge in [-0.15, -0.1) is 0 Å². The molecule has 0 unspecified atom stereocenters. The number of hydrogen-bond acceptors (Lipinski definition) is 7. The molecule has 2 heterocycles. The van der Waals surface area contributed by atoms with Crippen LogP contribution in [0, 0.1) is 6.92 Å². The van der Waals surface area contributed by atoms with Crippen LogP contribution >= 0.6 is 11.5 Å². The first-order valence-corrected chi connectivity index (χ1v) is 15.5. The Kier molecular flexibility index (Phi) is 9.36. The molecular weight excluding hydrogens is 526 g/mol. The van der Waals surface area contributed by atoms with Crippen molar-refractivity contribution in [2.45, 2.75) is 102 Å². The summed E-state index contributed by atoms with van der Waals surface area (Å²) in [6.07, 6.45) is 10.7. The highest BCUT2D eigenvalue weighted by Crippen LogP contribution is 2.36. The molecule has 10 heteroatoms. The molecule has 3 fully saturated rings. The van der Waals surface area contributed by atoms with E-state index in [1.807, 2.05) is 31.2 Å². The van der Waals surface area contributed by atoms with Crippen molar-refractivity contribution in [3.63, 3.8) is 0 Å². The van der Waals surface area contributed by atoms with Crippen molar-refractivity contribution in [1.29, 1.82) is 0 Å². The van der Waals surface area contributed by atoms with E-state index in [1.165, 1.54) is 6.42 Å². The number of nitrogens with zero attached hydrogens (tertiary/aromatic N) is 2. The van der Waals surface area contributed by atoms with Crippen molar-refractivity contribution in [3.05, 3.63) is 46.0 Å². The predicted octanol–water partition coefficient (Wildman–Crippen LogP) is 4.52. The molecule has 40 heavy (non-hydrogen) atoms. The predicted molar refractivity (Wildman–Crippen MR) is 155 cm³/mol. The number of hydrogen-bond donors (Lipinski definition) is 3. The SMILES string of the molecule is Cc1ccc([C@@H](C(=O)NC[C@H]2CCCO2)N(C(=O)c2snc(C(=O)NC3CCCCC3)c2N)C2CCCC2)cc1. The van der Waals surface area contributed by atoms with Crippen molar-refractivity contribution in [1.82, 2.24) is 19.9 Å². The van der Waals surface area contributed by atoms with E-state index in [2.05, 4.69) is 15.0 Å². The zero-order valence-electron chi connectivity index (χ0n) is 23.3. The first kappa shape index (κ1) is 28.5. The average molecular weight is 568 g/mol. The zero-order valence-corrected chi connectivity index (χ0v) is 24.1. The van der Waals surface area contributed by atoms with Crippen LogP contribution in [0.1, 0.15) is 108 Å². The monoisotopic (exact) mass is 567 g/mol. The maximum absolute atomic E-state index is 14.3. The second-order valence-electron chi connectivity index (χ2n) is 11.4. The number of benzene rings is 1. The van der Waals surface area contributed by atoms with Gasteiger partial charge in [-0.1, -0.05) is 61.9 Å². The van der Waals surface area contributed by atoms with Crippen LogP contribution in [-0.4, -0.2) is 58.3 Å². The topological polar surface area (TPSA) is 127 Å². The standard InChI is InChI=1S/C30H41N5O4S/c1-19-13-15-20(16-14-19)26(29(37)32-18-23-12-7-17-39-23)35(22-10-5-6-11-22)30(38)27-24(31)25(34-40-27)28(36)33-21-8-3-2-4-9-21/h13-16,21-23,26H,2-12,17-18,31H2,1H3,(H,32,37)(H,33,36)/t23-,26+/m1/s1. The molecule has 2 aliphatic carbocycles. The number of nitrogen functional groups attached to an aromatic ring is 1. The Morgan fingerprint density at radius 2 is 1.73 bits per heavy atom. The number of nitrogens with two attached hydrogens (primary N) is 1. The number of carbonyl (C=O) groups is 3. The molecule has 4 N–H and O–H groups in total. The molecular formula is C30H41N5O4S. The molecule has 5 rings (SSSR count). The Morgan fingerprint density at radius 3 is 2.40 bits per heavy atom. The molecule has 0 bridgehead atoms. The van der Waals surface area contributed by atoms with Crippen LogP contribution in [-0.2, 0) is 9.53 Å². The largest absolute Gasteiger partial charge is 0.395 e. The van der Waals surface area contributed by atoms with Crippen LogP contribution in [0.2, 0.25) is 0 Å². The summed E-state index contributed by atoms with van der Waals surface area (Å²) in [5, 5.41) is 6.12. The van der Waals surface area contributed by atoms with Gasteiger partial charge in [0.25, 0.3) is 11.8 Å². The van der Waals surface area contributed by atoms with Gasteiger partial charge in [0.05, 0.1) is 11.8 Å². The fourth-order valence-electron chi connectivity index (χ4n) is 6.21. The van der Waals surface area contributed by atoms with Crippen LogP contribution in [0.4, 0.5) is 5.69 Å². The van der Waals surface area contributed by atoms with Crippen molar-refractivity contribution in [2.24, 2.45) is 0 Å². The third-order valence-corrected chi connectivity index (χ3v) is 9.33. The molecule has 1 saturated heterocycles. The lowest BCUT2D eigenvalue weighted by Crippen LogP contribution is -2.49. The Balaban J connectivity index is 1.43. The average Bonchev–Trinajstić information content (AvgIpc) is 3.74. The molecule has 2 saturated carbocycles. The normalized spacial score (nSPS) is 20.8. The van der Waals surface area contributed by atoms with Gasteiger partial charge in [-0.2, -0.15) is 4.37 Å². The highest BCUT2D eigenvalue weighted by Gasteiger charge is 2.40. The van der Waals surface area contributed by atoms with Gasteiger partial charge >= 0.3 is 0 Å². The molecule has 2 atom stereocenters. The number of anilines is 1. The highest BCUT2D eigenvalue weighted by molar-refractivity contribution is 7.09.